The number of halogens is 1. The third-order valence-electron chi connectivity index (χ3n) is 3.13. The average molecular weight is 319 g/mol. The predicted molar refractivity (Wildman–Crippen MR) is 79.8 cm³/mol. The van der Waals surface area contributed by atoms with Crippen LogP contribution in [0, 0.1) is 5.82 Å². The minimum Gasteiger partial charge on any atom is -0.395 e. The Morgan fingerprint density at radius 3 is 2.75 bits per heavy atom. The van der Waals surface area contributed by atoms with Gasteiger partial charge in [0.1, 0.15) is 10.7 Å². The molecule has 0 radical (unpaired) electrons. The lowest BCUT2D eigenvalue weighted by atomic mass is 10.3. The molecule has 1 saturated heterocycles. The Hall–Kier alpha value is -0.830. The average Bonchev–Trinajstić information content (AvgIpc) is 2.42. The summed E-state index contributed by atoms with van der Waals surface area (Å²) in [4.78, 5) is 2.00. The minimum absolute atomic E-state index is 0.202. The van der Waals surface area contributed by atoms with Crippen LogP contribution in [0.15, 0.2) is 23.1 Å². The molecule has 3 N–H and O–H groups in total. The summed E-state index contributed by atoms with van der Waals surface area (Å²) in [5, 5.41) is 0. The van der Waals surface area contributed by atoms with Gasteiger partial charge >= 0.3 is 0 Å². The van der Waals surface area contributed by atoms with Gasteiger partial charge in [0.25, 0.3) is 0 Å². The van der Waals surface area contributed by atoms with Gasteiger partial charge in [0, 0.05) is 37.7 Å². The summed E-state index contributed by atoms with van der Waals surface area (Å²) < 4.78 is 39.9. The first-order valence-electron chi connectivity index (χ1n) is 6.34. The number of nitrogens with zero attached hydrogens (tertiary/aromatic N) is 1. The second-order valence-electron chi connectivity index (χ2n) is 4.50. The molecule has 1 heterocycles. The Balaban J connectivity index is 1.95. The smallest absolute Gasteiger partial charge is 0.242 e. The molecule has 8 heteroatoms. The van der Waals surface area contributed by atoms with Crippen LogP contribution in [0.2, 0.25) is 0 Å². The lowest BCUT2D eigenvalue weighted by molar-refractivity contribution is 0.307. The SMILES string of the molecule is Nc1c(F)cccc1S(=O)(=O)NCCN1CCSCC1. The van der Waals surface area contributed by atoms with E-state index in [1.807, 2.05) is 11.8 Å². The van der Waals surface area contributed by atoms with Gasteiger partial charge in [-0.2, -0.15) is 11.8 Å². The van der Waals surface area contributed by atoms with E-state index >= 15 is 0 Å². The predicted octanol–water partition coefficient (Wildman–Crippen LogP) is 0.735. The van der Waals surface area contributed by atoms with E-state index in [0.717, 1.165) is 30.7 Å². The summed E-state index contributed by atoms with van der Waals surface area (Å²) in [6.07, 6.45) is 0. The zero-order chi connectivity index (χ0) is 14.6. The number of anilines is 1. The largest absolute Gasteiger partial charge is 0.395 e. The molecule has 2 rings (SSSR count). The summed E-state index contributed by atoms with van der Waals surface area (Å²) in [6.45, 7) is 2.88. The Bertz CT molecular complexity index is 560. The molecule has 0 spiro atoms. The summed E-state index contributed by atoms with van der Waals surface area (Å²) >= 11 is 1.90. The van der Waals surface area contributed by atoms with Gasteiger partial charge in [-0.05, 0) is 12.1 Å². The number of nitrogens with one attached hydrogen (secondary N) is 1. The van der Waals surface area contributed by atoms with E-state index in [1.165, 1.54) is 12.1 Å². The molecule has 1 fully saturated rings. The number of sulfonamides is 1. The number of nitrogen functional groups attached to an aromatic ring is 1. The zero-order valence-corrected chi connectivity index (χ0v) is 12.6. The van der Waals surface area contributed by atoms with Gasteiger partial charge in [-0.3, -0.25) is 0 Å². The van der Waals surface area contributed by atoms with E-state index in [1.54, 1.807) is 0 Å². The molecule has 1 aromatic carbocycles. The van der Waals surface area contributed by atoms with Crippen molar-refractivity contribution in [2.75, 3.05) is 43.4 Å². The van der Waals surface area contributed by atoms with Crippen LogP contribution in [0.5, 0.6) is 0 Å². The van der Waals surface area contributed by atoms with Crippen molar-refractivity contribution in [3.05, 3.63) is 24.0 Å². The maximum absolute atomic E-state index is 13.3. The van der Waals surface area contributed by atoms with Crippen molar-refractivity contribution >= 4 is 27.5 Å². The first-order chi connectivity index (χ1) is 9.50. The lowest BCUT2D eigenvalue weighted by Gasteiger charge is -2.26. The Labute approximate surface area is 122 Å². The molecule has 1 aliphatic heterocycles. The summed E-state index contributed by atoms with van der Waals surface area (Å²) in [7, 11) is -3.76. The molecule has 0 aromatic heterocycles. The second-order valence-corrected chi connectivity index (χ2v) is 7.46. The van der Waals surface area contributed by atoms with E-state index < -0.39 is 15.8 Å². The highest BCUT2D eigenvalue weighted by Gasteiger charge is 2.19. The van der Waals surface area contributed by atoms with Crippen LogP contribution in [0.3, 0.4) is 0 Å². The van der Waals surface area contributed by atoms with Gasteiger partial charge in [0.2, 0.25) is 10.0 Å². The Morgan fingerprint density at radius 2 is 2.05 bits per heavy atom. The third kappa shape index (κ3) is 3.85. The van der Waals surface area contributed by atoms with Crippen molar-refractivity contribution in [2.24, 2.45) is 0 Å². The lowest BCUT2D eigenvalue weighted by Crippen LogP contribution is -2.39. The van der Waals surface area contributed by atoms with Crippen LogP contribution < -0.4 is 10.5 Å². The molecule has 1 aromatic rings. The number of rotatable bonds is 5. The molecule has 0 saturated carbocycles. The second kappa shape index (κ2) is 6.75. The monoisotopic (exact) mass is 319 g/mol. The van der Waals surface area contributed by atoms with E-state index in [2.05, 4.69) is 9.62 Å². The Morgan fingerprint density at radius 1 is 1.35 bits per heavy atom. The highest BCUT2D eigenvalue weighted by atomic mass is 32.2. The zero-order valence-electron chi connectivity index (χ0n) is 11.0. The number of hydrogen-bond acceptors (Lipinski definition) is 5. The first-order valence-corrected chi connectivity index (χ1v) is 8.98. The maximum atomic E-state index is 13.3. The maximum Gasteiger partial charge on any atom is 0.242 e. The minimum atomic E-state index is -3.76. The van der Waals surface area contributed by atoms with Gasteiger partial charge < -0.3 is 10.6 Å². The van der Waals surface area contributed by atoms with Gasteiger partial charge in [-0.1, -0.05) is 6.07 Å². The fourth-order valence-corrected chi connectivity index (χ4v) is 4.13. The molecule has 0 atom stereocenters. The molecule has 20 heavy (non-hydrogen) atoms. The number of benzene rings is 1. The molecule has 1 aliphatic rings. The van der Waals surface area contributed by atoms with E-state index in [9.17, 15) is 12.8 Å². The third-order valence-corrected chi connectivity index (χ3v) is 5.59. The number of para-hydroxylation sites is 1. The molecular weight excluding hydrogens is 301 g/mol. The quantitative estimate of drug-likeness (QED) is 0.783. The first kappa shape index (κ1) is 15.6. The van der Waals surface area contributed by atoms with Gasteiger partial charge in [-0.25, -0.2) is 17.5 Å². The number of thioether (sulfide) groups is 1. The van der Waals surface area contributed by atoms with Crippen molar-refractivity contribution in [1.82, 2.24) is 9.62 Å². The van der Waals surface area contributed by atoms with Crippen molar-refractivity contribution in [2.45, 2.75) is 4.90 Å². The van der Waals surface area contributed by atoms with Crippen LogP contribution in [-0.2, 0) is 10.0 Å². The van der Waals surface area contributed by atoms with Crippen LogP contribution in [-0.4, -0.2) is 51.0 Å². The highest BCUT2D eigenvalue weighted by Crippen LogP contribution is 2.20. The van der Waals surface area contributed by atoms with Crippen LogP contribution in [0.4, 0.5) is 10.1 Å². The summed E-state index contributed by atoms with van der Waals surface area (Å²) in [5.74, 6) is 1.42. The molecular formula is C12H18FN3O2S2. The van der Waals surface area contributed by atoms with Crippen molar-refractivity contribution in [3.8, 4) is 0 Å². The van der Waals surface area contributed by atoms with Crippen molar-refractivity contribution < 1.29 is 12.8 Å². The molecule has 112 valence electrons. The van der Waals surface area contributed by atoms with E-state index in [0.29, 0.717) is 13.1 Å². The fraction of sp³-hybridized carbons (Fsp3) is 0.500. The van der Waals surface area contributed by atoms with Crippen LogP contribution in [0.1, 0.15) is 0 Å². The van der Waals surface area contributed by atoms with Crippen LogP contribution in [0.25, 0.3) is 0 Å². The van der Waals surface area contributed by atoms with Gasteiger partial charge in [0.05, 0.1) is 5.69 Å². The van der Waals surface area contributed by atoms with Crippen molar-refractivity contribution in [1.29, 1.82) is 0 Å². The topological polar surface area (TPSA) is 75.4 Å². The normalized spacial score (nSPS) is 17.2. The van der Waals surface area contributed by atoms with Crippen LogP contribution >= 0.6 is 11.8 Å². The van der Waals surface area contributed by atoms with Gasteiger partial charge in [-0.15, -0.1) is 0 Å². The molecule has 5 nitrogen and oxygen atoms in total. The van der Waals surface area contributed by atoms with E-state index in [4.69, 9.17) is 5.73 Å². The molecule has 0 aliphatic carbocycles. The van der Waals surface area contributed by atoms with Gasteiger partial charge in [0.15, 0.2) is 0 Å². The number of nitrogens with two attached hydrogens (primary N) is 1. The molecule has 0 unspecified atom stereocenters. The standard InChI is InChI=1S/C12H18FN3O2S2/c13-10-2-1-3-11(12(10)14)20(17,18)15-4-5-16-6-8-19-9-7-16/h1-3,15H,4-9,14H2. The van der Waals surface area contributed by atoms with Crippen molar-refractivity contribution in [3.63, 3.8) is 0 Å². The number of hydrogen-bond donors (Lipinski definition) is 2. The molecule has 0 bridgehead atoms. The van der Waals surface area contributed by atoms with E-state index in [-0.39, 0.29) is 10.6 Å². The summed E-state index contributed by atoms with van der Waals surface area (Å²) in [6, 6.07) is 3.78. The fourth-order valence-electron chi connectivity index (χ4n) is 1.99. The highest BCUT2D eigenvalue weighted by molar-refractivity contribution is 7.99. The molecule has 0 amide bonds. The summed E-state index contributed by atoms with van der Waals surface area (Å²) in [5.41, 5.74) is 5.14. The Kier molecular flexibility index (Phi) is 5.25.